The monoisotopic (exact) mass is 262 g/mol. The summed E-state index contributed by atoms with van der Waals surface area (Å²) in [5.41, 5.74) is 0.471. The van der Waals surface area contributed by atoms with Gasteiger partial charge in [-0.2, -0.15) is 5.21 Å². The van der Waals surface area contributed by atoms with Crippen molar-refractivity contribution in [3.8, 4) is 5.75 Å². The summed E-state index contributed by atoms with van der Waals surface area (Å²) in [5.74, 6) is 0.917. The van der Waals surface area contributed by atoms with E-state index in [-0.39, 0.29) is 5.97 Å². The summed E-state index contributed by atoms with van der Waals surface area (Å²) in [6.07, 6.45) is 1.45. The van der Waals surface area contributed by atoms with E-state index in [0.29, 0.717) is 30.2 Å². The SMILES string of the molecule is COC(=O)c1cccc(OCCCc2nn[nH]n2)c1. The van der Waals surface area contributed by atoms with Crippen LogP contribution in [0.5, 0.6) is 5.75 Å². The molecule has 2 rings (SSSR count). The zero-order valence-electron chi connectivity index (χ0n) is 10.5. The highest BCUT2D eigenvalue weighted by Crippen LogP contribution is 2.14. The molecule has 0 saturated heterocycles. The number of rotatable bonds is 6. The van der Waals surface area contributed by atoms with E-state index in [2.05, 4.69) is 25.4 Å². The number of aromatic amines is 1. The number of methoxy groups -OCH3 is 1. The van der Waals surface area contributed by atoms with Crippen molar-refractivity contribution in [3.05, 3.63) is 35.7 Å². The molecule has 2 aromatic rings. The Balaban J connectivity index is 1.81. The van der Waals surface area contributed by atoms with Gasteiger partial charge in [0.1, 0.15) is 5.75 Å². The first-order chi connectivity index (χ1) is 9.29. The molecule has 0 amide bonds. The van der Waals surface area contributed by atoms with E-state index < -0.39 is 0 Å². The van der Waals surface area contributed by atoms with Crippen LogP contribution in [0.25, 0.3) is 0 Å². The minimum absolute atomic E-state index is 0.378. The number of nitrogens with zero attached hydrogens (tertiary/aromatic N) is 3. The van der Waals surface area contributed by atoms with Crippen molar-refractivity contribution in [2.75, 3.05) is 13.7 Å². The maximum Gasteiger partial charge on any atom is 0.337 e. The molecule has 100 valence electrons. The third kappa shape index (κ3) is 3.77. The second kappa shape index (κ2) is 6.48. The Morgan fingerprint density at radius 1 is 1.42 bits per heavy atom. The zero-order chi connectivity index (χ0) is 13.5. The largest absolute Gasteiger partial charge is 0.494 e. The van der Waals surface area contributed by atoms with Gasteiger partial charge in [-0.05, 0) is 24.6 Å². The number of carbonyl (C=O) groups excluding carboxylic acids is 1. The van der Waals surface area contributed by atoms with Crippen molar-refractivity contribution in [2.24, 2.45) is 0 Å². The molecule has 7 heteroatoms. The van der Waals surface area contributed by atoms with Crippen LogP contribution in [0.3, 0.4) is 0 Å². The first kappa shape index (κ1) is 13.0. The van der Waals surface area contributed by atoms with Gasteiger partial charge in [-0.25, -0.2) is 4.79 Å². The Morgan fingerprint density at radius 3 is 3.05 bits per heavy atom. The van der Waals surface area contributed by atoms with Crippen LogP contribution in [-0.2, 0) is 11.2 Å². The summed E-state index contributed by atoms with van der Waals surface area (Å²) < 4.78 is 10.2. The van der Waals surface area contributed by atoms with Gasteiger partial charge in [0.2, 0.25) is 0 Å². The van der Waals surface area contributed by atoms with Crippen LogP contribution in [-0.4, -0.2) is 40.3 Å². The quantitative estimate of drug-likeness (QED) is 0.617. The zero-order valence-corrected chi connectivity index (χ0v) is 10.5. The lowest BCUT2D eigenvalue weighted by Crippen LogP contribution is -2.03. The van der Waals surface area contributed by atoms with E-state index in [1.165, 1.54) is 7.11 Å². The van der Waals surface area contributed by atoms with Gasteiger partial charge in [0, 0.05) is 6.42 Å². The summed E-state index contributed by atoms with van der Waals surface area (Å²) in [6.45, 7) is 0.513. The average Bonchev–Trinajstić information content (AvgIpc) is 2.96. The van der Waals surface area contributed by atoms with E-state index in [1.54, 1.807) is 24.3 Å². The maximum atomic E-state index is 11.3. The minimum atomic E-state index is -0.378. The number of ether oxygens (including phenoxy) is 2. The van der Waals surface area contributed by atoms with Gasteiger partial charge in [0.05, 0.1) is 19.3 Å². The summed E-state index contributed by atoms with van der Waals surface area (Å²) in [5, 5.41) is 13.6. The molecule has 1 N–H and O–H groups in total. The molecule has 0 atom stereocenters. The van der Waals surface area contributed by atoms with Crippen LogP contribution in [0, 0.1) is 0 Å². The predicted molar refractivity (Wildman–Crippen MR) is 65.8 cm³/mol. The average molecular weight is 262 g/mol. The van der Waals surface area contributed by atoms with Crippen molar-refractivity contribution in [2.45, 2.75) is 12.8 Å². The first-order valence-corrected chi connectivity index (χ1v) is 5.83. The van der Waals surface area contributed by atoms with Gasteiger partial charge < -0.3 is 9.47 Å². The number of benzene rings is 1. The highest BCUT2D eigenvalue weighted by molar-refractivity contribution is 5.89. The minimum Gasteiger partial charge on any atom is -0.494 e. The molecule has 0 aliphatic carbocycles. The van der Waals surface area contributed by atoms with E-state index in [0.717, 1.165) is 6.42 Å². The Kier molecular flexibility index (Phi) is 4.44. The van der Waals surface area contributed by atoms with Crippen LogP contribution >= 0.6 is 0 Å². The Labute approximate surface area is 109 Å². The van der Waals surface area contributed by atoms with Crippen molar-refractivity contribution < 1.29 is 14.3 Å². The van der Waals surface area contributed by atoms with Crippen LogP contribution in [0.4, 0.5) is 0 Å². The number of nitrogens with one attached hydrogen (secondary N) is 1. The Bertz CT molecular complexity index is 528. The number of H-pyrrole nitrogens is 1. The number of aromatic nitrogens is 4. The first-order valence-electron chi connectivity index (χ1n) is 5.83. The Hall–Kier alpha value is -2.44. The van der Waals surface area contributed by atoms with Crippen LogP contribution < -0.4 is 4.74 Å². The summed E-state index contributed by atoms with van der Waals surface area (Å²) in [7, 11) is 1.35. The van der Waals surface area contributed by atoms with Gasteiger partial charge in [0.15, 0.2) is 5.82 Å². The molecule has 0 unspecified atom stereocenters. The molecule has 0 aliphatic rings. The standard InChI is InChI=1S/C12H14N4O3/c1-18-12(17)9-4-2-5-10(8-9)19-7-3-6-11-13-15-16-14-11/h2,4-5,8H,3,6-7H2,1H3,(H,13,14,15,16). The second-order valence-corrected chi connectivity index (χ2v) is 3.80. The topological polar surface area (TPSA) is 90.0 Å². The molecule has 0 bridgehead atoms. The fraction of sp³-hybridized carbons (Fsp3) is 0.333. The third-order valence-corrected chi connectivity index (χ3v) is 2.46. The molecule has 0 fully saturated rings. The lowest BCUT2D eigenvalue weighted by Gasteiger charge is -2.06. The number of hydrogen-bond acceptors (Lipinski definition) is 6. The molecule has 1 aromatic heterocycles. The molecule has 1 heterocycles. The van der Waals surface area contributed by atoms with Gasteiger partial charge >= 0.3 is 5.97 Å². The number of tetrazole rings is 1. The fourth-order valence-electron chi connectivity index (χ4n) is 1.54. The summed E-state index contributed by atoms with van der Waals surface area (Å²) in [4.78, 5) is 11.3. The van der Waals surface area contributed by atoms with E-state index in [4.69, 9.17) is 4.74 Å². The highest BCUT2D eigenvalue weighted by atomic mass is 16.5. The smallest absolute Gasteiger partial charge is 0.337 e. The van der Waals surface area contributed by atoms with E-state index in [1.807, 2.05) is 0 Å². The normalized spacial score (nSPS) is 10.2. The summed E-state index contributed by atoms with van der Waals surface area (Å²) in [6, 6.07) is 6.87. The predicted octanol–water partition coefficient (Wildman–Crippen LogP) is 0.998. The van der Waals surface area contributed by atoms with Crippen LogP contribution in [0.2, 0.25) is 0 Å². The van der Waals surface area contributed by atoms with Gasteiger partial charge in [0.25, 0.3) is 0 Å². The lowest BCUT2D eigenvalue weighted by atomic mass is 10.2. The maximum absolute atomic E-state index is 11.3. The van der Waals surface area contributed by atoms with Gasteiger partial charge in [-0.3, -0.25) is 0 Å². The number of hydrogen-bond donors (Lipinski definition) is 1. The molecule has 1 aromatic carbocycles. The van der Waals surface area contributed by atoms with Crippen molar-refractivity contribution >= 4 is 5.97 Å². The van der Waals surface area contributed by atoms with Gasteiger partial charge in [-0.1, -0.05) is 11.3 Å². The van der Waals surface area contributed by atoms with Crippen molar-refractivity contribution in [1.82, 2.24) is 20.6 Å². The second-order valence-electron chi connectivity index (χ2n) is 3.80. The summed E-state index contributed by atoms with van der Waals surface area (Å²) >= 11 is 0. The fourth-order valence-corrected chi connectivity index (χ4v) is 1.54. The van der Waals surface area contributed by atoms with E-state index in [9.17, 15) is 4.79 Å². The number of esters is 1. The molecule has 7 nitrogen and oxygen atoms in total. The van der Waals surface area contributed by atoms with Crippen molar-refractivity contribution in [1.29, 1.82) is 0 Å². The Morgan fingerprint density at radius 2 is 2.32 bits per heavy atom. The molecule has 0 radical (unpaired) electrons. The number of carbonyl (C=O) groups is 1. The van der Waals surface area contributed by atoms with E-state index >= 15 is 0 Å². The van der Waals surface area contributed by atoms with Crippen LogP contribution in [0.15, 0.2) is 24.3 Å². The van der Waals surface area contributed by atoms with Crippen molar-refractivity contribution in [3.63, 3.8) is 0 Å². The molecule has 0 aliphatic heterocycles. The lowest BCUT2D eigenvalue weighted by molar-refractivity contribution is 0.0600. The molecule has 0 spiro atoms. The molecule has 19 heavy (non-hydrogen) atoms. The number of aryl methyl sites for hydroxylation is 1. The highest BCUT2D eigenvalue weighted by Gasteiger charge is 2.06. The molecule has 0 saturated carbocycles. The van der Waals surface area contributed by atoms with Crippen LogP contribution in [0.1, 0.15) is 22.6 Å². The third-order valence-electron chi connectivity index (χ3n) is 2.46. The molecular formula is C12H14N4O3. The molecular weight excluding hydrogens is 248 g/mol. The van der Waals surface area contributed by atoms with Gasteiger partial charge in [-0.15, -0.1) is 10.2 Å².